The van der Waals surface area contributed by atoms with Crippen LogP contribution in [0.4, 0.5) is 4.79 Å². The first-order valence-corrected chi connectivity index (χ1v) is 6.72. The van der Waals surface area contributed by atoms with Gasteiger partial charge in [-0.15, -0.1) is 0 Å². The van der Waals surface area contributed by atoms with Gasteiger partial charge in [0.1, 0.15) is 0 Å². The highest BCUT2D eigenvalue weighted by atomic mass is 16.4. The van der Waals surface area contributed by atoms with Gasteiger partial charge in [-0.05, 0) is 47.0 Å². The summed E-state index contributed by atoms with van der Waals surface area (Å²) in [5.41, 5.74) is -1.90. The molecule has 0 aliphatic heterocycles. The molecule has 0 aliphatic rings. The Morgan fingerprint density at radius 3 is 1.95 bits per heavy atom. The van der Waals surface area contributed by atoms with Crippen molar-refractivity contribution in [1.82, 2.24) is 10.6 Å². The van der Waals surface area contributed by atoms with Crippen LogP contribution in [0.3, 0.4) is 0 Å². The van der Waals surface area contributed by atoms with Crippen LogP contribution in [0.5, 0.6) is 0 Å². The van der Waals surface area contributed by atoms with E-state index in [0.29, 0.717) is 5.92 Å². The number of aliphatic carboxylic acids is 1. The van der Waals surface area contributed by atoms with E-state index in [1.807, 2.05) is 6.92 Å². The van der Waals surface area contributed by atoms with Crippen LogP contribution in [0.1, 0.15) is 54.9 Å². The summed E-state index contributed by atoms with van der Waals surface area (Å²) < 4.78 is 0. The number of carbonyl (C=O) groups excluding carboxylic acids is 1. The second-order valence-corrected chi connectivity index (χ2v) is 6.68. The Hall–Kier alpha value is -1.26. The standard InChI is InChI=1S/C14H28N2O3/c1-9(2)8-10(3)15-12(19)16-14(6,7)13(4,5)11(17)18/h9-10H,8H2,1-7H3,(H,17,18)(H2,15,16,19). The maximum absolute atomic E-state index is 11.9. The fourth-order valence-electron chi connectivity index (χ4n) is 1.73. The third-order valence-corrected chi connectivity index (χ3v) is 3.73. The van der Waals surface area contributed by atoms with Crippen LogP contribution < -0.4 is 10.6 Å². The van der Waals surface area contributed by atoms with Crippen molar-refractivity contribution < 1.29 is 14.7 Å². The molecule has 0 aliphatic carbocycles. The Morgan fingerprint density at radius 2 is 1.58 bits per heavy atom. The third-order valence-electron chi connectivity index (χ3n) is 3.73. The minimum absolute atomic E-state index is 0.0590. The van der Waals surface area contributed by atoms with Gasteiger partial charge in [-0.2, -0.15) is 0 Å². The number of nitrogens with one attached hydrogen (secondary N) is 2. The first-order valence-electron chi connectivity index (χ1n) is 6.72. The number of carbonyl (C=O) groups is 2. The average Bonchev–Trinajstić information content (AvgIpc) is 2.13. The zero-order valence-electron chi connectivity index (χ0n) is 13.1. The van der Waals surface area contributed by atoms with Crippen LogP contribution in [-0.2, 0) is 4.79 Å². The van der Waals surface area contributed by atoms with Crippen molar-refractivity contribution in [2.45, 2.75) is 66.5 Å². The highest BCUT2D eigenvalue weighted by molar-refractivity contribution is 5.79. The van der Waals surface area contributed by atoms with E-state index in [9.17, 15) is 14.7 Å². The lowest BCUT2D eigenvalue weighted by Crippen LogP contribution is -2.59. The molecule has 19 heavy (non-hydrogen) atoms. The molecule has 1 atom stereocenters. The van der Waals surface area contributed by atoms with E-state index in [1.165, 1.54) is 0 Å². The minimum Gasteiger partial charge on any atom is -0.481 e. The van der Waals surface area contributed by atoms with E-state index in [0.717, 1.165) is 6.42 Å². The number of urea groups is 1. The first kappa shape index (κ1) is 17.7. The van der Waals surface area contributed by atoms with Crippen LogP contribution in [0.15, 0.2) is 0 Å². The largest absolute Gasteiger partial charge is 0.481 e. The molecule has 2 amide bonds. The summed E-state index contributed by atoms with van der Waals surface area (Å²) in [7, 11) is 0. The number of hydrogen-bond acceptors (Lipinski definition) is 2. The Labute approximate surface area is 116 Å². The summed E-state index contributed by atoms with van der Waals surface area (Å²) in [5, 5.41) is 14.8. The molecule has 0 spiro atoms. The lowest BCUT2D eigenvalue weighted by atomic mass is 9.74. The van der Waals surface area contributed by atoms with Gasteiger partial charge in [0.05, 0.1) is 11.0 Å². The van der Waals surface area contributed by atoms with Crippen molar-refractivity contribution in [2.75, 3.05) is 0 Å². The molecular formula is C14H28N2O3. The van der Waals surface area contributed by atoms with Crippen LogP contribution in [0.25, 0.3) is 0 Å². The fraction of sp³-hybridized carbons (Fsp3) is 0.857. The summed E-state index contributed by atoms with van der Waals surface area (Å²) >= 11 is 0. The molecule has 0 saturated carbocycles. The molecule has 0 aromatic heterocycles. The summed E-state index contributed by atoms with van der Waals surface area (Å²) in [6, 6.07) is -0.267. The molecule has 0 rings (SSSR count). The molecule has 0 heterocycles. The molecule has 0 aromatic carbocycles. The van der Waals surface area contributed by atoms with Gasteiger partial charge in [-0.25, -0.2) is 4.79 Å². The molecule has 0 aromatic rings. The van der Waals surface area contributed by atoms with Gasteiger partial charge in [0.2, 0.25) is 0 Å². The van der Waals surface area contributed by atoms with Crippen molar-refractivity contribution >= 4 is 12.0 Å². The minimum atomic E-state index is -1.05. The Balaban J connectivity index is 4.59. The fourth-order valence-corrected chi connectivity index (χ4v) is 1.73. The van der Waals surface area contributed by atoms with Crippen LogP contribution in [0, 0.1) is 11.3 Å². The van der Waals surface area contributed by atoms with Crippen LogP contribution >= 0.6 is 0 Å². The lowest BCUT2D eigenvalue weighted by molar-refractivity contribution is -0.150. The highest BCUT2D eigenvalue weighted by Crippen LogP contribution is 2.30. The zero-order valence-corrected chi connectivity index (χ0v) is 13.1. The predicted octanol–water partition coefficient (Wildman–Crippen LogP) is 2.61. The Kier molecular flexibility index (Phi) is 5.84. The number of carboxylic acids is 1. The molecule has 1 unspecified atom stereocenters. The van der Waals surface area contributed by atoms with Gasteiger partial charge in [0, 0.05) is 6.04 Å². The molecular weight excluding hydrogens is 244 g/mol. The Bertz CT molecular complexity index is 336. The number of rotatable bonds is 6. The average molecular weight is 272 g/mol. The zero-order chi connectivity index (χ0) is 15.4. The molecule has 0 fully saturated rings. The van der Waals surface area contributed by atoms with Crippen molar-refractivity contribution in [3.63, 3.8) is 0 Å². The second kappa shape index (κ2) is 6.26. The normalized spacial score (nSPS) is 14.1. The third kappa shape index (κ3) is 5.09. The molecule has 0 saturated heterocycles. The van der Waals surface area contributed by atoms with Gasteiger partial charge >= 0.3 is 12.0 Å². The Morgan fingerprint density at radius 1 is 1.11 bits per heavy atom. The van der Waals surface area contributed by atoms with Crippen molar-refractivity contribution in [3.05, 3.63) is 0 Å². The summed E-state index contributed by atoms with van der Waals surface area (Å²) in [4.78, 5) is 23.1. The van der Waals surface area contributed by atoms with E-state index in [-0.39, 0.29) is 12.1 Å². The molecule has 3 N–H and O–H groups in total. The van der Waals surface area contributed by atoms with E-state index in [2.05, 4.69) is 24.5 Å². The molecule has 5 heteroatoms. The summed E-state index contributed by atoms with van der Waals surface area (Å²) in [6.45, 7) is 12.8. The highest BCUT2D eigenvalue weighted by Gasteiger charge is 2.44. The van der Waals surface area contributed by atoms with Gasteiger partial charge in [-0.3, -0.25) is 4.79 Å². The van der Waals surface area contributed by atoms with Gasteiger partial charge < -0.3 is 15.7 Å². The SMILES string of the molecule is CC(C)CC(C)NC(=O)NC(C)(C)C(C)(C)C(=O)O. The number of hydrogen-bond donors (Lipinski definition) is 3. The van der Waals surface area contributed by atoms with E-state index < -0.39 is 16.9 Å². The van der Waals surface area contributed by atoms with Gasteiger partial charge in [0.25, 0.3) is 0 Å². The van der Waals surface area contributed by atoms with E-state index in [1.54, 1.807) is 27.7 Å². The summed E-state index contributed by atoms with van der Waals surface area (Å²) in [6.07, 6.45) is 0.885. The second-order valence-electron chi connectivity index (χ2n) is 6.68. The molecule has 5 nitrogen and oxygen atoms in total. The molecule has 112 valence electrons. The topological polar surface area (TPSA) is 78.4 Å². The van der Waals surface area contributed by atoms with Gasteiger partial charge in [0.15, 0.2) is 0 Å². The quantitative estimate of drug-likeness (QED) is 0.695. The first-order chi connectivity index (χ1) is 8.40. The van der Waals surface area contributed by atoms with Gasteiger partial charge in [-0.1, -0.05) is 13.8 Å². The van der Waals surface area contributed by atoms with E-state index >= 15 is 0 Å². The maximum atomic E-state index is 11.9. The number of carboxylic acid groups (broad SMARTS) is 1. The van der Waals surface area contributed by atoms with Crippen molar-refractivity contribution in [2.24, 2.45) is 11.3 Å². The maximum Gasteiger partial charge on any atom is 0.315 e. The molecule has 0 bridgehead atoms. The number of amides is 2. The lowest BCUT2D eigenvalue weighted by Gasteiger charge is -2.39. The monoisotopic (exact) mass is 272 g/mol. The smallest absolute Gasteiger partial charge is 0.315 e. The van der Waals surface area contributed by atoms with Crippen LogP contribution in [0.2, 0.25) is 0 Å². The van der Waals surface area contributed by atoms with E-state index in [4.69, 9.17) is 0 Å². The summed E-state index contributed by atoms with van der Waals surface area (Å²) in [5.74, 6) is -0.438. The van der Waals surface area contributed by atoms with Crippen LogP contribution in [-0.4, -0.2) is 28.7 Å². The van der Waals surface area contributed by atoms with Crippen molar-refractivity contribution in [3.8, 4) is 0 Å². The molecule has 0 radical (unpaired) electrons. The van der Waals surface area contributed by atoms with Crippen molar-refractivity contribution in [1.29, 1.82) is 0 Å². The predicted molar refractivity (Wildman–Crippen MR) is 76.1 cm³/mol.